The Morgan fingerprint density at radius 3 is 2.33 bits per heavy atom. The van der Waals surface area contributed by atoms with Gasteiger partial charge < -0.3 is 0 Å². The van der Waals surface area contributed by atoms with Crippen LogP contribution in [-0.4, -0.2) is 26.6 Å². The van der Waals surface area contributed by atoms with Crippen molar-refractivity contribution in [2.45, 2.75) is 6.42 Å². The van der Waals surface area contributed by atoms with E-state index in [1.54, 1.807) is 35.1 Å². The van der Waals surface area contributed by atoms with E-state index in [1.165, 1.54) is 4.90 Å². The minimum Gasteiger partial charge on any atom is -0.268 e. The highest BCUT2D eigenvalue weighted by Gasteiger charge is 2.37. The summed E-state index contributed by atoms with van der Waals surface area (Å²) in [6.07, 6.45) is 2.23. The number of aromatic nitrogens is 3. The smallest absolute Gasteiger partial charge is 0.266 e. The minimum absolute atomic E-state index is 0.299. The third-order valence-corrected chi connectivity index (χ3v) is 6.47. The van der Waals surface area contributed by atoms with Crippen molar-refractivity contribution in [1.29, 1.82) is 0 Å². The molecule has 0 N–H and O–H groups in total. The second-order valence-corrected chi connectivity index (χ2v) is 8.45. The Labute approximate surface area is 194 Å². The van der Waals surface area contributed by atoms with Crippen LogP contribution in [0.2, 0.25) is 5.02 Å². The van der Waals surface area contributed by atoms with Gasteiger partial charge in [0.15, 0.2) is 0 Å². The second kappa shape index (κ2) is 7.25. The molecule has 6 rings (SSSR count). The van der Waals surface area contributed by atoms with Crippen LogP contribution in [0.4, 0.5) is 5.69 Å². The standard InChI is InChI=1S/C26H17ClN4O2/c1-30-24-21(14-28-30)29-20-11-10-15(13-19(20)23(24)27)12-16-6-2-5-9-22(16)31-25(32)17-7-3-4-8-18(17)26(31)33/h2-11,13-14H,12H2,1H3. The minimum atomic E-state index is -0.299. The molecule has 2 aromatic heterocycles. The number of pyridine rings is 1. The Balaban J connectivity index is 1.42. The number of carbonyl (C=O) groups is 2. The first-order valence-corrected chi connectivity index (χ1v) is 10.9. The molecular weight excluding hydrogens is 436 g/mol. The Morgan fingerprint density at radius 2 is 1.58 bits per heavy atom. The molecule has 6 nitrogen and oxygen atoms in total. The summed E-state index contributed by atoms with van der Waals surface area (Å²) < 4.78 is 1.72. The molecule has 0 fully saturated rings. The van der Waals surface area contributed by atoms with Gasteiger partial charge in [-0.25, -0.2) is 9.88 Å². The van der Waals surface area contributed by atoms with E-state index in [9.17, 15) is 9.59 Å². The van der Waals surface area contributed by atoms with Gasteiger partial charge >= 0.3 is 0 Å². The third kappa shape index (κ3) is 2.95. The number of carbonyl (C=O) groups excluding carboxylic acids is 2. The molecule has 0 saturated carbocycles. The predicted octanol–water partition coefficient (Wildman–Crippen LogP) is 5.17. The zero-order chi connectivity index (χ0) is 22.7. The van der Waals surface area contributed by atoms with E-state index in [4.69, 9.17) is 11.6 Å². The van der Waals surface area contributed by atoms with Gasteiger partial charge in [-0.15, -0.1) is 0 Å². The van der Waals surface area contributed by atoms with Crippen LogP contribution in [0.5, 0.6) is 0 Å². The van der Waals surface area contributed by atoms with Crippen molar-refractivity contribution in [2.24, 2.45) is 7.05 Å². The zero-order valence-electron chi connectivity index (χ0n) is 17.6. The van der Waals surface area contributed by atoms with Crippen LogP contribution in [0.25, 0.3) is 21.9 Å². The number of benzene rings is 3. The molecule has 0 saturated heterocycles. The van der Waals surface area contributed by atoms with Gasteiger partial charge in [0.25, 0.3) is 11.8 Å². The fourth-order valence-electron chi connectivity index (χ4n) is 4.49. The summed E-state index contributed by atoms with van der Waals surface area (Å²) in [4.78, 5) is 32.0. The first-order chi connectivity index (χ1) is 16.0. The molecule has 5 aromatic rings. The number of fused-ring (bicyclic) bond motifs is 3. The topological polar surface area (TPSA) is 68.1 Å². The third-order valence-electron chi connectivity index (χ3n) is 6.09. The maximum Gasteiger partial charge on any atom is 0.266 e. The number of imide groups is 1. The van der Waals surface area contributed by atoms with Crippen LogP contribution in [0.1, 0.15) is 31.8 Å². The fraction of sp³-hybridized carbons (Fsp3) is 0.0769. The van der Waals surface area contributed by atoms with Gasteiger partial charge in [0.2, 0.25) is 0 Å². The van der Waals surface area contributed by atoms with Gasteiger partial charge in [0.1, 0.15) is 11.0 Å². The van der Waals surface area contributed by atoms with Crippen LogP contribution in [0, 0.1) is 0 Å². The van der Waals surface area contributed by atoms with Crippen LogP contribution in [0.15, 0.2) is 72.9 Å². The molecule has 0 radical (unpaired) electrons. The molecule has 2 amide bonds. The monoisotopic (exact) mass is 452 g/mol. The van der Waals surface area contributed by atoms with E-state index in [-0.39, 0.29) is 11.8 Å². The average Bonchev–Trinajstić information content (AvgIpc) is 3.32. The summed E-state index contributed by atoms with van der Waals surface area (Å²) in [6, 6.07) is 20.4. The SMILES string of the molecule is Cn1ncc2nc3ccc(Cc4ccccc4N4C(=O)c5ccccc5C4=O)cc3c(Cl)c21. The number of anilines is 1. The molecule has 7 heteroatoms. The van der Waals surface area contributed by atoms with E-state index in [0.717, 1.165) is 33.1 Å². The summed E-state index contributed by atoms with van der Waals surface area (Å²) >= 11 is 6.72. The van der Waals surface area contributed by atoms with Gasteiger partial charge in [0.05, 0.1) is 33.6 Å². The van der Waals surface area contributed by atoms with E-state index in [1.807, 2.05) is 49.5 Å². The molecule has 0 atom stereocenters. The van der Waals surface area contributed by atoms with Crippen molar-refractivity contribution in [3.8, 4) is 0 Å². The lowest BCUT2D eigenvalue weighted by atomic mass is 10.0. The number of para-hydroxylation sites is 1. The quantitative estimate of drug-likeness (QED) is 0.354. The molecule has 3 heterocycles. The van der Waals surface area contributed by atoms with Crippen molar-refractivity contribution >= 4 is 51.0 Å². The number of rotatable bonds is 3. The van der Waals surface area contributed by atoms with Crippen molar-refractivity contribution in [2.75, 3.05) is 4.90 Å². The van der Waals surface area contributed by atoms with Crippen molar-refractivity contribution in [1.82, 2.24) is 14.8 Å². The lowest BCUT2D eigenvalue weighted by Gasteiger charge is -2.18. The first kappa shape index (κ1) is 19.6. The predicted molar refractivity (Wildman–Crippen MR) is 128 cm³/mol. The molecule has 3 aromatic carbocycles. The Kier molecular flexibility index (Phi) is 4.32. The molecule has 0 aliphatic carbocycles. The molecule has 160 valence electrons. The van der Waals surface area contributed by atoms with E-state index >= 15 is 0 Å². The van der Waals surface area contributed by atoms with Crippen molar-refractivity contribution < 1.29 is 9.59 Å². The molecule has 33 heavy (non-hydrogen) atoms. The lowest BCUT2D eigenvalue weighted by Crippen LogP contribution is -2.30. The van der Waals surface area contributed by atoms with E-state index < -0.39 is 0 Å². The maximum atomic E-state index is 13.0. The van der Waals surface area contributed by atoms with Crippen LogP contribution in [-0.2, 0) is 13.5 Å². The maximum absolute atomic E-state index is 13.0. The number of halogens is 1. The summed E-state index contributed by atoms with van der Waals surface area (Å²) in [7, 11) is 1.84. The lowest BCUT2D eigenvalue weighted by molar-refractivity contribution is 0.0926. The highest BCUT2D eigenvalue weighted by Crippen LogP contribution is 2.34. The number of amides is 2. The molecule has 0 spiro atoms. The van der Waals surface area contributed by atoms with Crippen LogP contribution < -0.4 is 4.90 Å². The van der Waals surface area contributed by atoms with Crippen LogP contribution in [0.3, 0.4) is 0 Å². The molecule has 1 aliphatic heterocycles. The Bertz CT molecular complexity index is 1590. The van der Waals surface area contributed by atoms with Crippen molar-refractivity contribution in [3.63, 3.8) is 0 Å². The van der Waals surface area contributed by atoms with Crippen LogP contribution >= 0.6 is 11.6 Å². The summed E-state index contributed by atoms with van der Waals surface area (Å²) in [6.45, 7) is 0. The highest BCUT2D eigenvalue weighted by molar-refractivity contribution is 6.40. The fourth-order valence-corrected chi connectivity index (χ4v) is 4.86. The molecule has 0 unspecified atom stereocenters. The van der Waals surface area contributed by atoms with Gasteiger partial charge in [-0.2, -0.15) is 5.10 Å². The molecule has 1 aliphatic rings. The second-order valence-electron chi connectivity index (χ2n) is 8.08. The van der Waals surface area contributed by atoms with Gasteiger partial charge in [-0.1, -0.05) is 48.0 Å². The van der Waals surface area contributed by atoms with Gasteiger partial charge in [-0.05, 0) is 47.9 Å². The summed E-state index contributed by atoms with van der Waals surface area (Å²) in [5.41, 5.74) is 5.65. The first-order valence-electron chi connectivity index (χ1n) is 10.5. The van der Waals surface area contributed by atoms with Crippen molar-refractivity contribution in [3.05, 3.63) is 100 Å². The largest absolute Gasteiger partial charge is 0.268 e. The van der Waals surface area contributed by atoms with E-state index in [0.29, 0.717) is 28.3 Å². The number of aryl methyl sites for hydroxylation is 1. The van der Waals surface area contributed by atoms with Gasteiger partial charge in [-0.3, -0.25) is 14.3 Å². The van der Waals surface area contributed by atoms with Gasteiger partial charge in [0, 0.05) is 12.4 Å². The summed E-state index contributed by atoms with van der Waals surface area (Å²) in [5.74, 6) is -0.597. The zero-order valence-corrected chi connectivity index (χ0v) is 18.4. The normalized spacial score (nSPS) is 13.3. The number of nitrogens with zero attached hydrogens (tertiary/aromatic N) is 4. The number of hydrogen-bond donors (Lipinski definition) is 0. The average molecular weight is 453 g/mol. The Morgan fingerprint density at radius 1 is 0.879 bits per heavy atom. The van der Waals surface area contributed by atoms with E-state index in [2.05, 4.69) is 10.1 Å². The highest BCUT2D eigenvalue weighted by atomic mass is 35.5. The summed E-state index contributed by atoms with van der Waals surface area (Å²) in [5, 5.41) is 5.70. The molecular formula is C26H17ClN4O2. The molecule has 0 bridgehead atoms. The Hall–Kier alpha value is -4.03. The number of hydrogen-bond acceptors (Lipinski definition) is 4.